The molecule has 0 aromatic heterocycles. The van der Waals surface area contributed by atoms with E-state index in [1.165, 1.54) is 0 Å². The van der Waals surface area contributed by atoms with Gasteiger partial charge >= 0.3 is 0 Å². The number of rotatable bonds is 2. The van der Waals surface area contributed by atoms with Gasteiger partial charge in [0, 0.05) is 6.61 Å². The Hall–Kier alpha value is -0.630. The van der Waals surface area contributed by atoms with Crippen molar-refractivity contribution in [2.75, 3.05) is 6.61 Å². The van der Waals surface area contributed by atoms with Crippen LogP contribution < -0.4 is 0 Å². The molecule has 0 N–H and O–H groups in total. The number of allylic oxidation sites excluding steroid dienone is 1. The zero-order valence-electron chi connectivity index (χ0n) is 6.17. The predicted octanol–water partition coefficient (Wildman–Crippen LogP) is 1.31. The topological polar surface area (TPSA) is 26.3 Å². The van der Waals surface area contributed by atoms with E-state index in [-0.39, 0.29) is 11.9 Å². The molecule has 0 bridgehead atoms. The van der Waals surface area contributed by atoms with Crippen molar-refractivity contribution >= 4 is 5.78 Å². The molecule has 0 amide bonds. The molecule has 1 rings (SSSR count). The van der Waals surface area contributed by atoms with Crippen LogP contribution in [-0.4, -0.2) is 18.5 Å². The van der Waals surface area contributed by atoms with Crippen molar-refractivity contribution in [3.63, 3.8) is 0 Å². The van der Waals surface area contributed by atoms with Crippen LogP contribution in [0.25, 0.3) is 0 Å². The highest BCUT2D eigenvalue weighted by molar-refractivity contribution is 5.87. The summed E-state index contributed by atoms with van der Waals surface area (Å²) in [6.45, 7) is 2.39. The number of ketones is 1. The molecule has 1 atom stereocenters. The fraction of sp³-hybridized carbons (Fsp3) is 0.625. The fourth-order valence-corrected chi connectivity index (χ4v) is 0.997. The SMILES string of the molecule is CC(=O)C=CC1CCCO1. The summed E-state index contributed by atoms with van der Waals surface area (Å²) in [5.74, 6) is 0.0931. The summed E-state index contributed by atoms with van der Waals surface area (Å²) in [7, 11) is 0. The van der Waals surface area contributed by atoms with E-state index in [4.69, 9.17) is 4.74 Å². The Bertz CT molecular complexity index is 143. The number of carbonyl (C=O) groups is 1. The van der Waals surface area contributed by atoms with E-state index >= 15 is 0 Å². The van der Waals surface area contributed by atoms with Crippen LogP contribution in [-0.2, 0) is 9.53 Å². The summed E-state index contributed by atoms with van der Waals surface area (Å²) in [6, 6.07) is 0. The fourth-order valence-electron chi connectivity index (χ4n) is 0.997. The lowest BCUT2D eigenvalue weighted by atomic mass is 10.2. The van der Waals surface area contributed by atoms with Crippen LogP contribution in [0.5, 0.6) is 0 Å². The van der Waals surface area contributed by atoms with Gasteiger partial charge in [-0.15, -0.1) is 0 Å². The highest BCUT2D eigenvalue weighted by Crippen LogP contribution is 2.12. The first kappa shape index (κ1) is 7.48. The second-order valence-corrected chi connectivity index (χ2v) is 2.52. The van der Waals surface area contributed by atoms with Crippen LogP contribution in [0.1, 0.15) is 19.8 Å². The standard InChI is InChI=1S/C8H12O2/c1-7(9)4-5-8-3-2-6-10-8/h4-5,8H,2-3,6H2,1H3. The van der Waals surface area contributed by atoms with Gasteiger partial charge in [0.25, 0.3) is 0 Å². The van der Waals surface area contributed by atoms with Crippen molar-refractivity contribution in [3.8, 4) is 0 Å². The van der Waals surface area contributed by atoms with E-state index in [0.717, 1.165) is 19.4 Å². The van der Waals surface area contributed by atoms with Gasteiger partial charge in [0.1, 0.15) is 0 Å². The van der Waals surface area contributed by atoms with Crippen LogP contribution in [0.2, 0.25) is 0 Å². The molecule has 1 aliphatic heterocycles. The van der Waals surface area contributed by atoms with Crippen LogP contribution >= 0.6 is 0 Å². The normalized spacial score (nSPS) is 25.9. The lowest BCUT2D eigenvalue weighted by molar-refractivity contribution is -0.112. The Kier molecular flexibility index (Phi) is 2.63. The summed E-state index contributed by atoms with van der Waals surface area (Å²) < 4.78 is 5.26. The maximum atomic E-state index is 10.5. The molecule has 1 fully saturated rings. The quantitative estimate of drug-likeness (QED) is 0.540. The second-order valence-electron chi connectivity index (χ2n) is 2.52. The molecule has 1 unspecified atom stereocenters. The molecule has 1 aliphatic rings. The minimum absolute atomic E-state index is 0.0931. The minimum Gasteiger partial charge on any atom is -0.374 e. The summed E-state index contributed by atoms with van der Waals surface area (Å²) in [6.07, 6.45) is 5.80. The van der Waals surface area contributed by atoms with Crippen molar-refractivity contribution in [1.82, 2.24) is 0 Å². The first-order chi connectivity index (χ1) is 4.79. The smallest absolute Gasteiger partial charge is 0.152 e. The van der Waals surface area contributed by atoms with E-state index < -0.39 is 0 Å². The predicted molar refractivity (Wildman–Crippen MR) is 38.8 cm³/mol. The van der Waals surface area contributed by atoms with Gasteiger partial charge in [-0.3, -0.25) is 4.79 Å². The molecule has 0 aliphatic carbocycles. The van der Waals surface area contributed by atoms with Crippen molar-refractivity contribution in [2.45, 2.75) is 25.9 Å². The van der Waals surface area contributed by atoms with Gasteiger partial charge in [0.15, 0.2) is 5.78 Å². The molecular weight excluding hydrogens is 128 g/mol. The van der Waals surface area contributed by atoms with E-state index in [9.17, 15) is 4.79 Å². The highest BCUT2D eigenvalue weighted by Gasteiger charge is 2.11. The molecule has 2 nitrogen and oxygen atoms in total. The summed E-state index contributed by atoms with van der Waals surface area (Å²) in [5.41, 5.74) is 0. The average Bonchev–Trinajstić information content (AvgIpc) is 2.34. The van der Waals surface area contributed by atoms with E-state index in [1.807, 2.05) is 6.08 Å². The third kappa shape index (κ3) is 2.31. The lowest BCUT2D eigenvalue weighted by Gasteiger charge is -1.99. The van der Waals surface area contributed by atoms with Gasteiger partial charge in [-0.05, 0) is 25.8 Å². The first-order valence-electron chi connectivity index (χ1n) is 3.59. The van der Waals surface area contributed by atoms with Crippen LogP contribution in [0, 0.1) is 0 Å². The molecule has 1 heterocycles. The zero-order chi connectivity index (χ0) is 7.40. The number of carbonyl (C=O) groups excluding carboxylic acids is 1. The van der Waals surface area contributed by atoms with Crippen molar-refractivity contribution in [3.05, 3.63) is 12.2 Å². The molecule has 56 valence electrons. The Morgan fingerprint density at radius 3 is 3.00 bits per heavy atom. The largest absolute Gasteiger partial charge is 0.374 e. The molecule has 0 saturated carbocycles. The van der Waals surface area contributed by atoms with E-state index in [0.29, 0.717) is 0 Å². The maximum absolute atomic E-state index is 10.5. The van der Waals surface area contributed by atoms with Gasteiger partial charge in [-0.25, -0.2) is 0 Å². The molecule has 1 saturated heterocycles. The molecule has 0 radical (unpaired) electrons. The van der Waals surface area contributed by atoms with E-state index in [2.05, 4.69) is 0 Å². The number of hydrogen-bond donors (Lipinski definition) is 0. The van der Waals surface area contributed by atoms with Gasteiger partial charge < -0.3 is 4.74 Å². The first-order valence-corrected chi connectivity index (χ1v) is 3.59. The number of hydrogen-bond acceptors (Lipinski definition) is 2. The zero-order valence-corrected chi connectivity index (χ0v) is 6.17. The Balaban J connectivity index is 2.29. The average molecular weight is 140 g/mol. The molecule has 2 heteroatoms. The molecular formula is C8H12O2. The van der Waals surface area contributed by atoms with Crippen LogP contribution in [0.3, 0.4) is 0 Å². The van der Waals surface area contributed by atoms with Gasteiger partial charge in [-0.2, -0.15) is 0 Å². The second kappa shape index (κ2) is 3.52. The molecule has 10 heavy (non-hydrogen) atoms. The maximum Gasteiger partial charge on any atom is 0.152 e. The lowest BCUT2D eigenvalue weighted by Crippen LogP contribution is -1.99. The monoisotopic (exact) mass is 140 g/mol. The Morgan fingerprint density at radius 2 is 2.50 bits per heavy atom. The summed E-state index contributed by atoms with van der Waals surface area (Å²) in [4.78, 5) is 10.5. The molecule has 0 aromatic carbocycles. The van der Waals surface area contributed by atoms with Crippen molar-refractivity contribution in [1.29, 1.82) is 0 Å². The minimum atomic E-state index is 0.0931. The van der Waals surface area contributed by atoms with E-state index in [1.54, 1.807) is 13.0 Å². The summed E-state index contributed by atoms with van der Waals surface area (Å²) >= 11 is 0. The third-order valence-corrected chi connectivity index (χ3v) is 1.51. The van der Waals surface area contributed by atoms with Crippen LogP contribution in [0.15, 0.2) is 12.2 Å². The highest BCUT2D eigenvalue weighted by atomic mass is 16.5. The van der Waals surface area contributed by atoms with Gasteiger partial charge in [-0.1, -0.05) is 6.08 Å². The molecule has 0 aromatic rings. The van der Waals surface area contributed by atoms with Crippen molar-refractivity contribution in [2.24, 2.45) is 0 Å². The van der Waals surface area contributed by atoms with Gasteiger partial charge in [0.05, 0.1) is 6.10 Å². The van der Waals surface area contributed by atoms with Crippen molar-refractivity contribution < 1.29 is 9.53 Å². The van der Waals surface area contributed by atoms with Crippen LogP contribution in [0.4, 0.5) is 0 Å². The summed E-state index contributed by atoms with van der Waals surface area (Å²) in [5, 5.41) is 0. The Morgan fingerprint density at radius 1 is 1.70 bits per heavy atom. The molecule has 0 spiro atoms. The number of ether oxygens (including phenoxy) is 1. The third-order valence-electron chi connectivity index (χ3n) is 1.51. The Labute approximate surface area is 60.9 Å². The van der Waals surface area contributed by atoms with Gasteiger partial charge in [0.2, 0.25) is 0 Å².